The van der Waals surface area contributed by atoms with Gasteiger partial charge in [0.15, 0.2) is 0 Å². The van der Waals surface area contributed by atoms with Gasteiger partial charge in [-0.3, -0.25) is 4.79 Å². The van der Waals surface area contributed by atoms with Crippen molar-refractivity contribution in [3.05, 3.63) is 28.8 Å². The van der Waals surface area contributed by atoms with E-state index in [1.54, 1.807) is 12.1 Å². The lowest BCUT2D eigenvalue weighted by atomic mass is 9.94. The molecule has 0 radical (unpaired) electrons. The van der Waals surface area contributed by atoms with Crippen molar-refractivity contribution in [2.75, 3.05) is 18.0 Å². The minimum atomic E-state index is -0.504. The van der Waals surface area contributed by atoms with Crippen molar-refractivity contribution < 1.29 is 4.79 Å². The van der Waals surface area contributed by atoms with E-state index in [1.165, 1.54) is 0 Å². The predicted molar refractivity (Wildman–Crippen MR) is 73.9 cm³/mol. The highest BCUT2D eigenvalue weighted by Crippen LogP contribution is 2.27. The quantitative estimate of drug-likeness (QED) is 0.855. The number of nitrogens with two attached hydrogens (primary N) is 2. The van der Waals surface area contributed by atoms with Crippen LogP contribution in [0.25, 0.3) is 0 Å². The summed E-state index contributed by atoms with van der Waals surface area (Å²) < 4.78 is 0. The zero-order valence-electron chi connectivity index (χ0n) is 10.4. The van der Waals surface area contributed by atoms with Gasteiger partial charge in [0.1, 0.15) is 0 Å². The average Bonchev–Trinajstić information content (AvgIpc) is 2.32. The Bertz CT molecular complexity index is 464. The Balaban J connectivity index is 2.19. The van der Waals surface area contributed by atoms with E-state index in [4.69, 9.17) is 23.1 Å². The molecule has 2 atom stereocenters. The highest BCUT2D eigenvalue weighted by Gasteiger charge is 2.23. The van der Waals surface area contributed by atoms with Crippen molar-refractivity contribution in [2.24, 2.45) is 17.4 Å². The summed E-state index contributed by atoms with van der Waals surface area (Å²) in [4.78, 5) is 13.3. The number of primary amides is 1. The van der Waals surface area contributed by atoms with Crippen LogP contribution in [0.15, 0.2) is 18.2 Å². The largest absolute Gasteiger partial charge is 0.370 e. The third-order valence-electron chi connectivity index (χ3n) is 3.60. The van der Waals surface area contributed by atoms with Crippen LogP contribution in [0.3, 0.4) is 0 Å². The molecule has 0 aromatic heterocycles. The molecule has 4 nitrogen and oxygen atoms in total. The predicted octanol–water partition coefficient (Wildman–Crippen LogP) is 1.61. The summed E-state index contributed by atoms with van der Waals surface area (Å²) in [6.45, 7) is 3.94. The van der Waals surface area contributed by atoms with E-state index in [1.807, 2.05) is 6.07 Å². The van der Waals surface area contributed by atoms with E-state index in [-0.39, 0.29) is 6.04 Å². The van der Waals surface area contributed by atoms with E-state index in [2.05, 4.69) is 11.8 Å². The Hall–Kier alpha value is -1.26. The number of hydrogen-bond donors (Lipinski definition) is 2. The first-order valence-electron chi connectivity index (χ1n) is 6.09. The summed E-state index contributed by atoms with van der Waals surface area (Å²) in [5.41, 5.74) is 12.6. The molecule has 1 saturated heterocycles. The van der Waals surface area contributed by atoms with Gasteiger partial charge in [0.05, 0.1) is 10.6 Å². The standard InChI is InChI=1S/C13H18ClN3O/c1-8-4-5-17(7-12(8)15)9-2-3-10(13(16)18)11(14)6-9/h2-3,6,8,12H,4-5,7,15H2,1H3,(H2,16,18). The lowest BCUT2D eigenvalue weighted by Crippen LogP contribution is -2.47. The Morgan fingerprint density at radius 1 is 1.50 bits per heavy atom. The number of halogens is 1. The number of nitrogens with zero attached hydrogens (tertiary/aromatic N) is 1. The van der Waals surface area contributed by atoms with Crippen LogP contribution in [-0.2, 0) is 0 Å². The Morgan fingerprint density at radius 2 is 2.22 bits per heavy atom. The molecule has 18 heavy (non-hydrogen) atoms. The van der Waals surface area contributed by atoms with E-state index in [0.717, 1.165) is 25.2 Å². The molecule has 1 aliphatic heterocycles. The van der Waals surface area contributed by atoms with Crippen LogP contribution in [0.5, 0.6) is 0 Å². The molecule has 0 aliphatic carbocycles. The molecule has 0 spiro atoms. The van der Waals surface area contributed by atoms with Crippen LogP contribution in [0, 0.1) is 5.92 Å². The van der Waals surface area contributed by atoms with Crippen LogP contribution in [0.1, 0.15) is 23.7 Å². The van der Waals surface area contributed by atoms with Crippen LogP contribution in [-0.4, -0.2) is 25.0 Å². The van der Waals surface area contributed by atoms with Crippen molar-refractivity contribution in [1.82, 2.24) is 0 Å². The molecular formula is C13H18ClN3O. The number of hydrogen-bond acceptors (Lipinski definition) is 3. The molecule has 1 amide bonds. The molecule has 0 saturated carbocycles. The van der Waals surface area contributed by atoms with E-state index in [9.17, 15) is 4.79 Å². The van der Waals surface area contributed by atoms with Gasteiger partial charge in [-0.05, 0) is 30.5 Å². The first-order valence-corrected chi connectivity index (χ1v) is 6.46. The Morgan fingerprint density at radius 3 is 2.78 bits per heavy atom. The summed E-state index contributed by atoms with van der Waals surface area (Å²) in [7, 11) is 0. The number of rotatable bonds is 2. The molecule has 1 aromatic carbocycles. The van der Waals surface area contributed by atoms with Gasteiger partial charge in [0.2, 0.25) is 5.91 Å². The number of benzene rings is 1. The van der Waals surface area contributed by atoms with Gasteiger partial charge >= 0.3 is 0 Å². The van der Waals surface area contributed by atoms with Crippen LogP contribution in [0.2, 0.25) is 5.02 Å². The summed E-state index contributed by atoms with van der Waals surface area (Å²) >= 11 is 6.05. The van der Waals surface area contributed by atoms with Crippen molar-refractivity contribution in [3.8, 4) is 0 Å². The second-order valence-electron chi connectivity index (χ2n) is 4.90. The van der Waals surface area contributed by atoms with Crippen molar-refractivity contribution >= 4 is 23.2 Å². The zero-order chi connectivity index (χ0) is 13.3. The normalized spacial score (nSPS) is 24.1. The van der Waals surface area contributed by atoms with Gasteiger partial charge in [0.25, 0.3) is 0 Å². The third-order valence-corrected chi connectivity index (χ3v) is 3.91. The van der Waals surface area contributed by atoms with E-state index >= 15 is 0 Å². The summed E-state index contributed by atoms with van der Waals surface area (Å²) in [6.07, 6.45) is 1.07. The van der Waals surface area contributed by atoms with Crippen LogP contribution < -0.4 is 16.4 Å². The van der Waals surface area contributed by atoms with Crippen molar-refractivity contribution in [3.63, 3.8) is 0 Å². The monoisotopic (exact) mass is 267 g/mol. The molecule has 2 rings (SSSR count). The van der Waals surface area contributed by atoms with E-state index in [0.29, 0.717) is 16.5 Å². The van der Waals surface area contributed by atoms with Gasteiger partial charge < -0.3 is 16.4 Å². The smallest absolute Gasteiger partial charge is 0.250 e. The third kappa shape index (κ3) is 2.60. The maximum Gasteiger partial charge on any atom is 0.250 e. The van der Waals surface area contributed by atoms with E-state index < -0.39 is 5.91 Å². The van der Waals surface area contributed by atoms with Gasteiger partial charge in [-0.25, -0.2) is 0 Å². The molecular weight excluding hydrogens is 250 g/mol. The molecule has 4 N–H and O–H groups in total. The Kier molecular flexibility index (Phi) is 3.78. The molecule has 0 bridgehead atoms. The molecule has 1 aliphatic rings. The summed E-state index contributed by atoms with van der Waals surface area (Å²) in [6, 6.07) is 5.50. The molecule has 2 unspecified atom stereocenters. The number of amides is 1. The lowest BCUT2D eigenvalue weighted by molar-refractivity contribution is 0.100. The second-order valence-corrected chi connectivity index (χ2v) is 5.31. The minimum Gasteiger partial charge on any atom is -0.370 e. The molecule has 98 valence electrons. The first kappa shape index (κ1) is 13.2. The van der Waals surface area contributed by atoms with Gasteiger partial charge in [-0.2, -0.15) is 0 Å². The maximum absolute atomic E-state index is 11.1. The SMILES string of the molecule is CC1CCN(c2ccc(C(N)=O)c(Cl)c2)CC1N. The summed E-state index contributed by atoms with van der Waals surface area (Å²) in [5.74, 6) is 0.0390. The number of piperidine rings is 1. The van der Waals surface area contributed by atoms with Gasteiger partial charge in [-0.15, -0.1) is 0 Å². The fourth-order valence-corrected chi connectivity index (χ4v) is 2.50. The van der Waals surface area contributed by atoms with Crippen LogP contribution in [0.4, 0.5) is 5.69 Å². The maximum atomic E-state index is 11.1. The van der Waals surface area contributed by atoms with Crippen LogP contribution >= 0.6 is 11.6 Å². The molecule has 5 heteroatoms. The number of carbonyl (C=O) groups is 1. The highest BCUT2D eigenvalue weighted by molar-refractivity contribution is 6.34. The molecule has 1 fully saturated rings. The topological polar surface area (TPSA) is 72.3 Å². The lowest BCUT2D eigenvalue weighted by Gasteiger charge is -2.36. The highest BCUT2D eigenvalue weighted by atomic mass is 35.5. The average molecular weight is 268 g/mol. The molecule has 1 heterocycles. The fraction of sp³-hybridized carbons (Fsp3) is 0.462. The van der Waals surface area contributed by atoms with Gasteiger partial charge in [-0.1, -0.05) is 18.5 Å². The van der Waals surface area contributed by atoms with Gasteiger partial charge in [0, 0.05) is 24.8 Å². The Labute approximate surface area is 112 Å². The van der Waals surface area contributed by atoms with Crippen molar-refractivity contribution in [1.29, 1.82) is 0 Å². The minimum absolute atomic E-state index is 0.174. The molecule has 1 aromatic rings. The fourth-order valence-electron chi connectivity index (χ4n) is 2.23. The van der Waals surface area contributed by atoms with Crippen molar-refractivity contribution in [2.45, 2.75) is 19.4 Å². The summed E-state index contributed by atoms with van der Waals surface area (Å²) in [5, 5.41) is 0.396. The first-order chi connectivity index (χ1) is 8.49. The number of carbonyl (C=O) groups excluding carboxylic acids is 1. The zero-order valence-corrected chi connectivity index (χ0v) is 11.2. The second kappa shape index (κ2) is 5.16. The number of anilines is 1.